The van der Waals surface area contributed by atoms with Gasteiger partial charge in [-0.15, -0.1) is 18.3 Å². The molecule has 0 bridgehead atoms. The lowest BCUT2D eigenvalue weighted by atomic mass is 10.2. The van der Waals surface area contributed by atoms with E-state index < -0.39 is 0 Å². The van der Waals surface area contributed by atoms with Crippen molar-refractivity contribution in [1.82, 2.24) is 19.7 Å². The number of benzene rings is 2. The summed E-state index contributed by atoms with van der Waals surface area (Å²) in [4.78, 5) is 21.0. The van der Waals surface area contributed by atoms with Crippen LogP contribution >= 0.6 is 11.8 Å². The smallest absolute Gasteiger partial charge is 0.274 e. The average molecular weight is 350 g/mol. The van der Waals surface area contributed by atoms with Crippen molar-refractivity contribution in [3.8, 4) is 5.95 Å². The predicted molar refractivity (Wildman–Crippen MR) is 100 cm³/mol. The molecule has 4 aromatic rings. The standard InChI is InChI=1S/C18H16N5OS/c19-10-12-5-7-14(8-6-12)25-11-13-9-17(24)23(22-13)18-20-15-3-1-2-4-16(15)21-18/h1-9,19,22H,10-11H2,(H,20,21)/q-1. The van der Waals surface area contributed by atoms with E-state index in [1.54, 1.807) is 17.8 Å². The Morgan fingerprint density at radius 1 is 1.12 bits per heavy atom. The molecule has 2 heterocycles. The van der Waals surface area contributed by atoms with E-state index >= 15 is 0 Å². The van der Waals surface area contributed by atoms with Crippen molar-refractivity contribution in [2.45, 2.75) is 17.2 Å². The van der Waals surface area contributed by atoms with E-state index in [9.17, 15) is 4.79 Å². The maximum atomic E-state index is 12.3. The fourth-order valence-corrected chi connectivity index (χ4v) is 3.38. The van der Waals surface area contributed by atoms with Gasteiger partial charge in [-0.1, -0.05) is 29.8 Å². The van der Waals surface area contributed by atoms with Crippen molar-refractivity contribution >= 4 is 22.8 Å². The summed E-state index contributed by atoms with van der Waals surface area (Å²) in [5.41, 5.74) is 10.7. The fraction of sp³-hybridized carbons (Fsp3) is 0.111. The first-order chi connectivity index (χ1) is 12.2. The summed E-state index contributed by atoms with van der Waals surface area (Å²) >= 11 is 1.64. The van der Waals surface area contributed by atoms with Crippen molar-refractivity contribution < 1.29 is 0 Å². The average Bonchev–Trinajstić information content (AvgIpc) is 3.23. The molecule has 2 aromatic heterocycles. The normalized spacial score (nSPS) is 11.2. The van der Waals surface area contributed by atoms with E-state index in [0.29, 0.717) is 18.2 Å². The van der Waals surface area contributed by atoms with Crippen LogP contribution in [0.2, 0.25) is 0 Å². The van der Waals surface area contributed by atoms with Crippen molar-refractivity contribution in [1.29, 1.82) is 0 Å². The highest BCUT2D eigenvalue weighted by molar-refractivity contribution is 7.98. The molecule has 0 atom stereocenters. The number of thioether (sulfide) groups is 1. The second-order valence-electron chi connectivity index (χ2n) is 5.64. The zero-order valence-electron chi connectivity index (χ0n) is 13.3. The quantitative estimate of drug-likeness (QED) is 0.535. The number of H-pyrrole nitrogens is 2. The predicted octanol–water partition coefficient (Wildman–Crippen LogP) is 3.89. The largest absolute Gasteiger partial charge is 0.674 e. The van der Waals surface area contributed by atoms with E-state index in [4.69, 9.17) is 5.73 Å². The molecular formula is C18H16N5OS-. The van der Waals surface area contributed by atoms with E-state index in [2.05, 4.69) is 15.1 Å². The molecule has 0 aliphatic heterocycles. The molecule has 4 rings (SSSR count). The monoisotopic (exact) mass is 350 g/mol. The zero-order valence-corrected chi connectivity index (χ0v) is 14.1. The minimum absolute atomic E-state index is 0.140. The van der Waals surface area contributed by atoms with Gasteiger partial charge in [0.2, 0.25) is 5.95 Å². The molecule has 0 saturated heterocycles. The number of rotatable bonds is 5. The molecule has 6 nitrogen and oxygen atoms in total. The molecule has 0 aliphatic rings. The lowest BCUT2D eigenvalue weighted by Gasteiger charge is -2.04. The number of nitrogens with one attached hydrogen (secondary N) is 3. The van der Waals surface area contributed by atoms with Crippen LogP contribution in [0.4, 0.5) is 0 Å². The molecule has 0 spiro atoms. The number of imidazole rings is 1. The first kappa shape index (κ1) is 15.7. The number of nitrogens with zero attached hydrogens (tertiary/aromatic N) is 2. The van der Waals surface area contributed by atoms with Gasteiger partial charge in [-0.05, 0) is 24.3 Å². The fourth-order valence-electron chi connectivity index (χ4n) is 2.59. The highest BCUT2D eigenvalue weighted by Gasteiger charge is 2.09. The Balaban J connectivity index is 1.54. The van der Waals surface area contributed by atoms with Crippen molar-refractivity contribution in [2.24, 2.45) is 0 Å². The number of aromatic nitrogens is 4. The first-order valence-electron chi connectivity index (χ1n) is 7.85. The number of fused-ring (bicyclic) bond motifs is 1. The zero-order chi connectivity index (χ0) is 17.2. The van der Waals surface area contributed by atoms with Crippen LogP contribution < -0.4 is 5.56 Å². The van der Waals surface area contributed by atoms with E-state index in [0.717, 1.165) is 27.2 Å². The molecule has 126 valence electrons. The van der Waals surface area contributed by atoms with Gasteiger partial charge in [0.1, 0.15) is 0 Å². The summed E-state index contributed by atoms with van der Waals surface area (Å²) in [5.74, 6) is 1.14. The molecule has 2 aromatic carbocycles. The SMILES string of the molecule is [NH-]Cc1ccc(SCc2cc(=O)n(-c3nc4ccccc4[nH]3)[nH]2)cc1. The summed E-state index contributed by atoms with van der Waals surface area (Å²) in [5, 5.41) is 3.11. The summed E-state index contributed by atoms with van der Waals surface area (Å²) < 4.78 is 1.43. The first-order valence-corrected chi connectivity index (χ1v) is 8.84. The Kier molecular flexibility index (Phi) is 4.17. The Morgan fingerprint density at radius 2 is 1.92 bits per heavy atom. The molecule has 25 heavy (non-hydrogen) atoms. The highest BCUT2D eigenvalue weighted by atomic mass is 32.2. The third-order valence-electron chi connectivity index (χ3n) is 3.88. The highest BCUT2D eigenvalue weighted by Crippen LogP contribution is 2.22. The van der Waals surface area contributed by atoms with Crippen LogP contribution in [-0.2, 0) is 12.3 Å². The molecular weight excluding hydrogens is 334 g/mol. The van der Waals surface area contributed by atoms with Gasteiger partial charge in [0, 0.05) is 22.4 Å². The van der Waals surface area contributed by atoms with Crippen LogP contribution in [0.1, 0.15) is 11.3 Å². The summed E-state index contributed by atoms with van der Waals surface area (Å²) in [7, 11) is 0. The van der Waals surface area contributed by atoms with Crippen LogP contribution in [0.3, 0.4) is 0 Å². The third kappa shape index (κ3) is 3.24. The molecule has 0 unspecified atom stereocenters. The lowest BCUT2D eigenvalue weighted by molar-refractivity contribution is 0.789. The minimum atomic E-state index is -0.140. The second kappa shape index (κ2) is 6.62. The molecule has 0 amide bonds. The Bertz CT molecular complexity index is 1030. The molecule has 0 saturated carbocycles. The van der Waals surface area contributed by atoms with Gasteiger partial charge >= 0.3 is 0 Å². The Hall–Kier alpha value is -2.77. The number of hydrogen-bond acceptors (Lipinski definition) is 3. The van der Waals surface area contributed by atoms with Crippen LogP contribution in [0.5, 0.6) is 0 Å². The molecule has 7 heteroatoms. The maximum Gasteiger partial charge on any atom is 0.274 e. The van der Waals surface area contributed by atoms with Gasteiger partial charge in [-0.3, -0.25) is 9.89 Å². The molecule has 0 aliphatic carbocycles. The second-order valence-corrected chi connectivity index (χ2v) is 6.69. The van der Waals surface area contributed by atoms with Gasteiger partial charge in [0.05, 0.1) is 11.0 Å². The number of aromatic amines is 2. The van der Waals surface area contributed by atoms with Crippen molar-refractivity contribution in [2.75, 3.05) is 0 Å². The van der Waals surface area contributed by atoms with Crippen molar-refractivity contribution in [3.05, 3.63) is 81.9 Å². The topological polar surface area (TPSA) is 90.3 Å². The van der Waals surface area contributed by atoms with E-state index in [-0.39, 0.29) is 5.56 Å². The Labute approximate surface area is 148 Å². The van der Waals surface area contributed by atoms with E-state index in [1.165, 1.54) is 4.68 Å². The van der Waals surface area contributed by atoms with Gasteiger partial charge < -0.3 is 10.7 Å². The van der Waals surface area contributed by atoms with Gasteiger partial charge in [0.25, 0.3) is 5.56 Å². The number of para-hydroxylation sites is 2. The Morgan fingerprint density at radius 3 is 2.68 bits per heavy atom. The number of hydrogen-bond donors (Lipinski definition) is 2. The summed E-state index contributed by atoms with van der Waals surface area (Å²) in [6.45, 7) is 0.290. The lowest BCUT2D eigenvalue weighted by Crippen LogP contribution is -2.14. The van der Waals surface area contributed by atoms with Gasteiger partial charge in [-0.25, -0.2) is 4.98 Å². The molecule has 0 radical (unpaired) electrons. The van der Waals surface area contributed by atoms with Crippen LogP contribution in [-0.4, -0.2) is 19.7 Å². The van der Waals surface area contributed by atoms with Crippen LogP contribution in [0, 0.1) is 0 Å². The van der Waals surface area contributed by atoms with Crippen LogP contribution in [0.15, 0.2) is 64.3 Å². The summed E-state index contributed by atoms with van der Waals surface area (Å²) in [6, 6.07) is 17.2. The van der Waals surface area contributed by atoms with Crippen LogP contribution in [0.25, 0.3) is 22.7 Å². The molecule has 0 fully saturated rings. The third-order valence-corrected chi connectivity index (χ3v) is 4.94. The maximum absolute atomic E-state index is 12.3. The summed E-state index contributed by atoms with van der Waals surface area (Å²) in [6.07, 6.45) is 0. The van der Waals surface area contributed by atoms with E-state index in [1.807, 2.05) is 48.5 Å². The van der Waals surface area contributed by atoms with Gasteiger partial charge in [0.15, 0.2) is 0 Å². The van der Waals surface area contributed by atoms with Gasteiger partial charge in [-0.2, -0.15) is 4.68 Å². The minimum Gasteiger partial charge on any atom is -0.674 e. The van der Waals surface area contributed by atoms with Crippen molar-refractivity contribution in [3.63, 3.8) is 0 Å². The molecule has 3 N–H and O–H groups in total.